The fourth-order valence-corrected chi connectivity index (χ4v) is 2.43. The Hall–Kier alpha value is -2.09. The van der Waals surface area contributed by atoms with E-state index in [1.807, 2.05) is 24.3 Å². The lowest BCUT2D eigenvalue weighted by Crippen LogP contribution is -2.06. The van der Waals surface area contributed by atoms with Crippen LogP contribution in [-0.2, 0) is 23.1 Å². The molecule has 0 saturated heterocycles. The largest absolute Gasteiger partial charge is 0.493 e. The van der Waals surface area contributed by atoms with Gasteiger partial charge in [-0.15, -0.1) is 0 Å². The summed E-state index contributed by atoms with van der Waals surface area (Å²) in [6.45, 7) is 0.895. The minimum absolute atomic E-state index is 0.297. The first-order valence-corrected chi connectivity index (χ1v) is 8.85. The number of ether oxygens (including phenoxy) is 1. The van der Waals surface area contributed by atoms with Crippen LogP contribution in [0, 0.1) is 0 Å². The highest BCUT2D eigenvalue weighted by molar-refractivity contribution is 7.86. The Balaban J connectivity index is 1.81. The first-order valence-electron chi connectivity index (χ1n) is 7.03. The third kappa shape index (κ3) is 6.27. The molecule has 0 unspecified atom stereocenters. The summed E-state index contributed by atoms with van der Waals surface area (Å²) in [4.78, 5) is 0. The standard InChI is InChI=1S/C16H19NO5S/c1-23(19,20)22-16-8-2-13(3-9-16)10-11-21-15-6-4-14(5-7-15)12-17-18/h2-9,17-18H,10-12H2,1H3. The van der Waals surface area contributed by atoms with Crippen LogP contribution in [0.25, 0.3) is 0 Å². The van der Waals surface area contributed by atoms with Gasteiger partial charge in [0.1, 0.15) is 11.5 Å². The predicted molar refractivity (Wildman–Crippen MR) is 86.2 cm³/mol. The topological polar surface area (TPSA) is 84.9 Å². The van der Waals surface area contributed by atoms with Crippen LogP contribution in [0.2, 0.25) is 0 Å². The average Bonchev–Trinajstić information content (AvgIpc) is 2.50. The fourth-order valence-electron chi connectivity index (χ4n) is 1.97. The smallest absolute Gasteiger partial charge is 0.306 e. The highest BCUT2D eigenvalue weighted by atomic mass is 32.2. The molecule has 2 aromatic carbocycles. The summed E-state index contributed by atoms with van der Waals surface area (Å²) in [5, 5.41) is 8.61. The van der Waals surface area contributed by atoms with Crippen molar-refractivity contribution in [1.82, 2.24) is 5.48 Å². The molecule has 0 atom stereocenters. The van der Waals surface area contributed by atoms with Crippen molar-refractivity contribution in [3.8, 4) is 11.5 Å². The summed E-state index contributed by atoms with van der Waals surface area (Å²) in [6, 6.07) is 14.3. The van der Waals surface area contributed by atoms with E-state index >= 15 is 0 Å². The fraction of sp³-hybridized carbons (Fsp3) is 0.250. The van der Waals surface area contributed by atoms with E-state index in [1.165, 1.54) is 0 Å². The lowest BCUT2D eigenvalue weighted by molar-refractivity contribution is 0.161. The number of nitrogens with one attached hydrogen (secondary N) is 1. The van der Waals surface area contributed by atoms with Crippen LogP contribution >= 0.6 is 0 Å². The first-order chi connectivity index (χ1) is 11.0. The summed E-state index contributed by atoms with van der Waals surface area (Å²) in [5.41, 5.74) is 4.08. The zero-order valence-corrected chi connectivity index (χ0v) is 13.5. The molecule has 6 nitrogen and oxygen atoms in total. The number of benzene rings is 2. The van der Waals surface area contributed by atoms with Gasteiger partial charge in [0.05, 0.1) is 12.9 Å². The van der Waals surface area contributed by atoms with E-state index in [4.69, 9.17) is 14.1 Å². The molecule has 2 aromatic rings. The summed E-state index contributed by atoms with van der Waals surface area (Å²) >= 11 is 0. The Kier molecular flexibility index (Phi) is 5.97. The number of hydrogen-bond acceptors (Lipinski definition) is 6. The zero-order valence-electron chi connectivity index (χ0n) is 12.7. The molecular weight excluding hydrogens is 318 g/mol. The van der Waals surface area contributed by atoms with Crippen molar-refractivity contribution in [2.24, 2.45) is 0 Å². The third-order valence-electron chi connectivity index (χ3n) is 3.04. The molecule has 0 spiro atoms. The van der Waals surface area contributed by atoms with Gasteiger partial charge in [-0.05, 0) is 35.4 Å². The van der Waals surface area contributed by atoms with Gasteiger partial charge in [0.25, 0.3) is 0 Å². The van der Waals surface area contributed by atoms with Gasteiger partial charge in [-0.1, -0.05) is 24.3 Å². The van der Waals surface area contributed by atoms with Gasteiger partial charge < -0.3 is 14.1 Å². The molecule has 0 aliphatic carbocycles. The van der Waals surface area contributed by atoms with Gasteiger partial charge in [-0.25, -0.2) is 5.48 Å². The maximum absolute atomic E-state index is 11.0. The van der Waals surface area contributed by atoms with E-state index in [0.717, 1.165) is 23.1 Å². The lowest BCUT2D eigenvalue weighted by atomic mass is 10.1. The predicted octanol–water partition coefficient (Wildman–Crippen LogP) is 2.13. The van der Waals surface area contributed by atoms with Crippen molar-refractivity contribution in [3.05, 3.63) is 59.7 Å². The SMILES string of the molecule is CS(=O)(=O)Oc1ccc(CCOc2ccc(CNO)cc2)cc1. The van der Waals surface area contributed by atoms with Crippen LogP contribution < -0.4 is 14.4 Å². The van der Waals surface area contributed by atoms with Crippen LogP contribution in [0.4, 0.5) is 0 Å². The van der Waals surface area contributed by atoms with E-state index < -0.39 is 10.1 Å². The molecule has 124 valence electrons. The van der Waals surface area contributed by atoms with Crippen molar-refractivity contribution in [3.63, 3.8) is 0 Å². The second-order valence-electron chi connectivity index (χ2n) is 5.01. The normalized spacial score (nSPS) is 11.2. The van der Waals surface area contributed by atoms with E-state index in [-0.39, 0.29) is 0 Å². The minimum Gasteiger partial charge on any atom is -0.493 e. The highest BCUT2D eigenvalue weighted by Crippen LogP contribution is 2.16. The Bertz CT molecular complexity index is 711. The second kappa shape index (κ2) is 7.96. The van der Waals surface area contributed by atoms with Crippen LogP contribution in [0.3, 0.4) is 0 Å². The molecule has 2 N–H and O–H groups in total. The molecular formula is C16H19NO5S. The van der Waals surface area contributed by atoms with Crippen LogP contribution in [0.1, 0.15) is 11.1 Å². The van der Waals surface area contributed by atoms with Gasteiger partial charge >= 0.3 is 10.1 Å². The molecule has 2 rings (SSSR count). The van der Waals surface area contributed by atoms with Crippen LogP contribution in [0.15, 0.2) is 48.5 Å². The monoisotopic (exact) mass is 337 g/mol. The second-order valence-corrected chi connectivity index (χ2v) is 6.58. The zero-order chi connectivity index (χ0) is 16.7. The molecule has 23 heavy (non-hydrogen) atoms. The first kappa shape index (κ1) is 17.3. The Morgan fingerprint density at radius 2 is 1.52 bits per heavy atom. The summed E-state index contributed by atoms with van der Waals surface area (Å²) < 4.78 is 32.5. The maximum atomic E-state index is 11.0. The van der Waals surface area contributed by atoms with Gasteiger partial charge in [-0.3, -0.25) is 0 Å². The number of rotatable bonds is 8. The van der Waals surface area contributed by atoms with Crippen LogP contribution in [0.5, 0.6) is 11.5 Å². The quantitative estimate of drug-likeness (QED) is 0.567. The maximum Gasteiger partial charge on any atom is 0.306 e. The molecule has 7 heteroatoms. The molecule has 0 heterocycles. The summed E-state index contributed by atoms with van der Waals surface area (Å²) in [7, 11) is -3.50. The molecule has 0 aromatic heterocycles. The van der Waals surface area contributed by atoms with Crippen molar-refractivity contribution in [1.29, 1.82) is 0 Å². The van der Waals surface area contributed by atoms with E-state index in [1.54, 1.807) is 24.3 Å². The van der Waals surface area contributed by atoms with Crippen molar-refractivity contribution >= 4 is 10.1 Å². The molecule has 0 bridgehead atoms. The van der Waals surface area contributed by atoms with E-state index in [2.05, 4.69) is 5.48 Å². The van der Waals surface area contributed by atoms with Crippen molar-refractivity contribution in [2.45, 2.75) is 13.0 Å². The van der Waals surface area contributed by atoms with Crippen molar-refractivity contribution < 1.29 is 22.5 Å². The van der Waals surface area contributed by atoms with Gasteiger partial charge in [0, 0.05) is 13.0 Å². The third-order valence-corrected chi connectivity index (χ3v) is 3.53. The average molecular weight is 337 g/mol. The highest BCUT2D eigenvalue weighted by Gasteiger charge is 2.04. The molecule has 0 fully saturated rings. The van der Waals surface area contributed by atoms with Gasteiger partial charge in [-0.2, -0.15) is 8.42 Å². The van der Waals surface area contributed by atoms with E-state index in [9.17, 15) is 8.42 Å². The minimum atomic E-state index is -3.50. The van der Waals surface area contributed by atoms with E-state index in [0.29, 0.717) is 25.3 Å². The molecule has 0 saturated carbocycles. The summed E-state index contributed by atoms with van der Waals surface area (Å²) in [5.74, 6) is 1.05. The number of hydroxylamine groups is 1. The molecule has 0 radical (unpaired) electrons. The Morgan fingerprint density at radius 1 is 0.957 bits per heavy atom. The summed E-state index contributed by atoms with van der Waals surface area (Å²) in [6.07, 6.45) is 1.70. The molecule has 0 aliphatic rings. The molecule has 0 amide bonds. The van der Waals surface area contributed by atoms with Crippen molar-refractivity contribution in [2.75, 3.05) is 12.9 Å². The van der Waals surface area contributed by atoms with Gasteiger partial charge in [0.15, 0.2) is 0 Å². The Labute approximate surface area is 135 Å². The van der Waals surface area contributed by atoms with Gasteiger partial charge in [0.2, 0.25) is 0 Å². The van der Waals surface area contributed by atoms with Crippen LogP contribution in [-0.4, -0.2) is 26.5 Å². The molecule has 0 aliphatic heterocycles. The number of hydrogen-bond donors (Lipinski definition) is 2. The lowest BCUT2D eigenvalue weighted by Gasteiger charge is -2.08. The Morgan fingerprint density at radius 3 is 2.09 bits per heavy atom.